The Kier molecular flexibility index (Phi) is 6.76. The van der Waals surface area contributed by atoms with Crippen molar-refractivity contribution in [2.45, 2.75) is 52.3 Å². The van der Waals surface area contributed by atoms with E-state index < -0.39 is 48.4 Å². The number of ether oxygens (including phenoxy) is 5. The van der Waals surface area contributed by atoms with E-state index in [2.05, 4.69) is 0 Å². The average Bonchev–Trinajstić information content (AvgIpc) is 2.41. The lowest BCUT2D eigenvalue weighted by atomic mass is 9.90. The van der Waals surface area contributed by atoms with Crippen molar-refractivity contribution >= 4 is 17.9 Å². The SMILES string of the molecule is COC1OC(COC(C)=O)C(OC(C)=O)C(C)C1OC(C)=O. The maximum Gasteiger partial charge on any atom is 0.303 e. The predicted octanol–water partition coefficient (Wildman–Crippen LogP) is 0.420. The van der Waals surface area contributed by atoms with Crippen LogP contribution in [0.4, 0.5) is 0 Å². The van der Waals surface area contributed by atoms with Gasteiger partial charge in [-0.2, -0.15) is 0 Å². The summed E-state index contributed by atoms with van der Waals surface area (Å²) >= 11 is 0. The van der Waals surface area contributed by atoms with Crippen molar-refractivity contribution in [1.82, 2.24) is 0 Å². The Bertz CT molecular complexity index is 419. The molecule has 0 aliphatic carbocycles. The van der Waals surface area contributed by atoms with Crippen LogP contribution in [0.1, 0.15) is 27.7 Å². The van der Waals surface area contributed by atoms with Gasteiger partial charge in [-0.05, 0) is 0 Å². The molecule has 1 rings (SSSR count). The molecule has 0 spiro atoms. The summed E-state index contributed by atoms with van der Waals surface area (Å²) in [6, 6.07) is 0. The van der Waals surface area contributed by atoms with Crippen LogP contribution in [-0.4, -0.2) is 56.2 Å². The first kappa shape index (κ1) is 18.4. The van der Waals surface area contributed by atoms with Gasteiger partial charge in [-0.1, -0.05) is 6.92 Å². The third kappa shape index (κ3) is 4.96. The molecule has 1 aliphatic heterocycles. The molecule has 0 bridgehead atoms. The van der Waals surface area contributed by atoms with Gasteiger partial charge in [0, 0.05) is 33.8 Å². The van der Waals surface area contributed by atoms with Crippen molar-refractivity contribution < 1.29 is 38.1 Å². The van der Waals surface area contributed by atoms with E-state index in [4.69, 9.17) is 23.7 Å². The first-order valence-electron chi connectivity index (χ1n) is 6.92. The zero-order valence-corrected chi connectivity index (χ0v) is 13.4. The van der Waals surface area contributed by atoms with Gasteiger partial charge in [0.15, 0.2) is 12.4 Å². The molecule has 5 unspecified atom stereocenters. The summed E-state index contributed by atoms with van der Waals surface area (Å²) in [5, 5.41) is 0. The number of hydrogen-bond acceptors (Lipinski definition) is 8. The smallest absolute Gasteiger partial charge is 0.303 e. The van der Waals surface area contributed by atoms with E-state index in [1.807, 2.05) is 0 Å². The molecule has 8 heteroatoms. The van der Waals surface area contributed by atoms with Crippen LogP contribution in [0.15, 0.2) is 0 Å². The molecule has 0 amide bonds. The highest BCUT2D eigenvalue weighted by molar-refractivity contribution is 5.67. The van der Waals surface area contributed by atoms with Crippen molar-refractivity contribution in [3.63, 3.8) is 0 Å². The number of carbonyl (C=O) groups is 3. The van der Waals surface area contributed by atoms with Gasteiger partial charge in [-0.25, -0.2) is 0 Å². The average molecular weight is 318 g/mol. The van der Waals surface area contributed by atoms with Crippen molar-refractivity contribution in [2.75, 3.05) is 13.7 Å². The first-order valence-corrected chi connectivity index (χ1v) is 6.92. The summed E-state index contributed by atoms with van der Waals surface area (Å²) in [7, 11) is 1.41. The van der Waals surface area contributed by atoms with Gasteiger partial charge in [0.1, 0.15) is 18.8 Å². The lowest BCUT2D eigenvalue weighted by molar-refractivity contribution is -0.287. The second-order valence-corrected chi connectivity index (χ2v) is 5.09. The Morgan fingerprint density at radius 3 is 1.95 bits per heavy atom. The summed E-state index contributed by atoms with van der Waals surface area (Å²) in [5.74, 6) is -1.88. The minimum absolute atomic E-state index is 0.0930. The largest absolute Gasteiger partial charge is 0.463 e. The summed E-state index contributed by atoms with van der Waals surface area (Å²) in [4.78, 5) is 33.5. The van der Waals surface area contributed by atoms with Crippen LogP contribution < -0.4 is 0 Å². The van der Waals surface area contributed by atoms with Gasteiger partial charge in [0.25, 0.3) is 0 Å². The van der Waals surface area contributed by atoms with E-state index in [0.717, 1.165) is 0 Å². The number of esters is 3. The standard InChI is InChI=1S/C14H22O8/c1-7-12(20-9(3)16)11(6-19-8(2)15)22-14(18-5)13(7)21-10(4)17/h7,11-14H,6H2,1-5H3. The topological polar surface area (TPSA) is 97.4 Å². The van der Waals surface area contributed by atoms with Gasteiger partial charge in [-0.3, -0.25) is 14.4 Å². The summed E-state index contributed by atoms with van der Waals surface area (Å²) < 4.78 is 26.2. The fourth-order valence-corrected chi connectivity index (χ4v) is 2.35. The van der Waals surface area contributed by atoms with Crippen molar-refractivity contribution in [1.29, 1.82) is 0 Å². The summed E-state index contributed by atoms with van der Waals surface area (Å²) in [5.41, 5.74) is 0. The van der Waals surface area contributed by atoms with Crippen LogP contribution in [0, 0.1) is 5.92 Å². The Morgan fingerprint density at radius 2 is 1.50 bits per heavy atom. The van der Waals surface area contributed by atoms with E-state index >= 15 is 0 Å². The molecule has 0 aromatic carbocycles. The van der Waals surface area contributed by atoms with E-state index in [1.54, 1.807) is 6.92 Å². The fourth-order valence-electron chi connectivity index (χ4n) is 2.35. The van der Waals surface area contributed by atoms with Crippen LogP contribution in [0.25, 0.3) is 0 Å². The van der Waals surface area contributed by atoms with E-state index in [-0.39, 0.29) is 6.61 Å². The minimum atomic E-state index is -0.841. The van der Waals surface area contributed by atoms with Gasteiger partial charge in [-0.15, -0.1) is 0 Å². The molecule has 22 heavy (non-hydrogen) atoms. The zero-order valence-electron chi connectivity index (χ0n) is 13.4. The fraction of sp³-hybridized carbons (Fsp3) is 0.786. The Morgan fingerprint density at radius 1 is 0.955 bits per heavy atom. The molecule has 1 heterocycles. The van der Waals surface area contributed by atoms with Crippen LogP contribution in [-0.2, 0) is 38.1 Å². The zero-order chi connectivity index (χ0) is 16.9. The van der Waals surface area contributed by atoms with Crippen molar-refractivity contribution in [3.05, 3.63) is 0 Å². The highest BCUT2D eigenvalue weighted by Crippen LogP contribution is 2.31. The molecule has 0 radical (unpaired) electrons. The van der Waals surface area contributed by atoms with E-state index in [9.17, 15) is 14.4 Å². The molecular formula is C14H22O8. The third-order valence-corrected chi connectivity index (χ3v) is 3.27. The first-order chi connectivity index (χ1) is 10.3. The second kappa shape index (κ2) is 8.09. The molecule has 1 saturated heterocycles. The molecular weight excluding hydrogens is 296 g/mol. The maximum atomic E-state index is 11.3. The molecule has 1 aliphatic rings. The quantitative estimate of drug-likeness (QED) is 0.531. The van der Waals surface area contributed by atoms with Gasteiger partial charge in [0.2, 0.25) is 0 Å². The van der Waals surface area contributed by atoms with Crippen LogP contribution >= 0.6 is 0 Å². The van der Waals surface area contributed by atoms with E-state index in [1.165, 1.54) is 27.9 Å². The molecule has 1 fully saturated rings. The molecule has 0 aromatic rings. The lowest BCUT2D eigenvalue weighted by Crippen LogP contribution is -2.57. The van der Waals surface area contributed by atoms with Crippen molar-refractivity contribution in [3.8, 4) is 0 Å². The number of hydrogen-bond donors (Lipinski definition) is 0. The number of methoxy groups -OCH3 is 1. The Balaban J connectivity index is 2.94. The molecule has 126 valence electrons. The minimum Gasteiger partial charge on any atom is -0.463 e. The summed E-state index contributed by atoms with van der Waals surface area (Å²) in [6.07, 6.45) is -3.01. The molecule has 0 saturated carbocycles. The lowest BCUT2D eigenvalue weighted by Gasteiger charge is -2.43. The predicted molar refractivity (Wildman–Crippen MR) is 72.6 cm³/mol. The van der Waals surface area contributed by atoms with E-state index in [0.29, 0.717) is 0 Å². The summed E-state index contributed by atoms with van der Waals surface area (Å²) in [6.45, 7) is 5.45. The maximum absolute atomic E-state index is 11.3. The van der Waals surface area contributed by atoms with Crippen LogP contribution in [0.5, 0.6) is 0 Å². The van der Waals surface area contributed by atoms with Crippen LogP contribution in [0.3, 0.4) is 0 Å². The number of rotatable bonds is 5. The monoisotopic (exact) mass is 318 g/mol. The van der Waals surface area contributed by atoms with Gasteiger partial charge in [0.05, 0.1) is 0 Å². The molecule has 0 aromatic heterocycles. The Labute approximate surface area is 129 Å². The normalized spacial score (nSPS) is 31.2. The van der Waals surface area contributed by atoms with Crippen molar-refractivity contribution in [2.24, 2.45) is 5.92 Å². The van der Waals surface area contributed by atoms with Gasteiger partial charge >= 0.3 is 17.9 Å². The van der Waals surface area contributed by atoms with Gasteiger partial charge < -0.3 is 23.7 Å². The highest BCUT2D eigenvalue weighted by atomic mass is 16.7. The molecule has 8 nitrogen and oxygen atoms in total. The molecule has 5 atom stereocenters. The number of carbonyl (C=O) groups excluding carboxylic acids is 3. The van der Waals surface area contributed by atoms with Crippen LogP contribution in [0.2, 0.25) is 0 Å². The highest BCUT2D eigenvalue weighted by Gasteiger charge is 2.48. The Hall–Kier alpha value is -1.67. The third-order valence-electron chi connectivity index (χ3n) is 3.27. The molecule has 0 N–H and O–H groups in total. The second-order valence-electron chi connectivity index (χ2n) is 5.09.